The molecule has 0 aliphatic heterocycles. The average molecular weight is 535 g/mol. The van der Waals surface area contributed by atoms with Crippen molar-refractivity contribution < 1.29 is 27.4 Å². The van der Waals surface area contributed by atoms with E-state index >= 15 is 0 Å². The lowest BCUT2D eigenvalue weighted by Gasteiger charge is -2.19. The molecule has 4 aromatic rings. The number of aliphatic hydroxyl groups is 1. The van der Waals surface area contributed by atoms with E-state index in [4.69, 9.17) is 9.47 Å². The molecular formula is C22H23FN6O5S2. The van der Waals surface area contributed by atoms with E-state index in [-0.39, 0.29) is 11.6 Å². The van der Waals surface area contributed by atoms with Gasteiger partial charge in [-0.15, -0.1) is 21.5 Å². The van der Waals surface area contributed by atoms with Crippen LogP contribution in [0.4, 0.5) is 4.39 Å². The maximum Gasteiger partial charge on any atom is 0.197 e. The first kappa shape index (κ1) is 25.6. The number of ether oxygens (including phenoxy) is 2. The van der Waals surface area contributed by atoms with Crippen LogP contribution in [0.5, 0.6) is 11.5 Å². The highest BCUT2D eigenvalue weighted by molar-refractivity contribution is 7.91. The van der Waals surface area contributed by atoms with E-state index in [2.05, 4.69) is 25.1 Å². The quantitative estimate of drug-likeness (QED) is 0.340. The second-order valence-corrected chi connectivity index (χ2v) is 11.0. The molecule has 0 aliphatic carbocycles. The molecule has 0 saturated carbocycles. The number of aliphatic hydroxyl groups excluding tert-OH is 1. The van der Waals surface area contributed by atoms with Crippen LogP contribution in [-0.2, 0) is 15.6 Å². The van der Waals surface area contributed by atoms with Gasteiger partial charge in [0.05, 0.1) is 31.9 Å². The number of rotatable bonds is 9. The Labute approximate surface area is 210 Å². The van der Waals surface area contributed by atoms with Gasteiger partial charge in [0.2, 0.25) is 0 Å². The smallest absolute Gasteiger partial charge is 0.197 e. The summed E-state index contributed by atoms with van der Waals surface area (Å²) in [7, 11) is -1.09. The molecular weight excluding hydrogens is 511 g/mol. The van der Waals surface area contributed by atoms with Gasteiger partial charge in [-0.25, -0.2) is 27.8 Å². The normalized spacial score (nSPS) is 13.4. The Hall–Kier alpha value is -3.49. The van der Waals surface area contributed by atoms with Crippen LogP contribution in [0.1, 0.15) is 30.4 Å². The molecule has 0 spiro atoms. The Kier molecular flexibility index (Phi) is 7.28. The lowest BCUT2D eigenvalue weighted by molar-refractivity contribution is 0.165. The van der Waals surface area contributed by atoms with Crippen molar-refractivity contribution in [3.05, 3.63) is 59.1 Å². The average Bonchev–Trinajstić information content (AvgIpc) is 3.48. The second kappa shape index (κ2) is 10.2. The minimum atomic E-state index is -4.05. The van der Waals surface area contributed by atoms with E-state index in [1.165, 1.54) is 37.0 Å². The first-order valence-corrected chi connectivity index (χ1v) is 13.2. The Morgan fingerprint density at radius 3 is 2.33 bits per heavy atom. The largest absolute Gasteiger partial charge is 0.494 e. The zero-order valence-electron chi connectivity index (χ0n) is 19.8. The van der Waals surface area contributed by atoms with Gasteiger partial charge in [0, 0.05) is 11.1 Å². The highest BCUT2D eigenvalue weighted by Crippen LogP contribution is 2.37. The number of halogens is 1. The summed E-state index contributed by atoms with van der Waals surface area (Å²) in [6.45, 7) is 3.15. The summed E-state index contributed by atoms with van der Waals surface area (Å²) in [5.41, 5.74) is 1.16. The maximum atomic E-state index is 13.4. The third-order valence-corrected chi connectivity index (χ3v) is 8.42. The zero-order valence-corrected chi connectivity index (χ0v) is 21.4. The van der Waals surface area contributed by atoms with Crippen LogP contribution in [0.25, 0.3) is 16.5 Å². The minimum Gasteiger partial charge on any atom is -0.494 e. The molecule has 3 heterocycles. The molecule has 0 radical (unpaired) electrons. The summed E-state index contributed by atoms with van der Waals surface area (Å²) >= 11 is 1.33. The van der Waals surface area contributed by atoms with Crippen LogP contribution in [0.15, 0.2) is 36.0 Å². The van der Waals surface area contributed by atoms with Crippen molar-refractivity contribution in [2.45, 2.75) is 31.0 Å². The van der Waals surface area contributed by atoms with Gasteiger partial charge < -0.3 is 14.6 Å². The number of hydrogen-bond acceptors (Lipinski definition) is 11. The van der Waals surface area contributed by atoms with E-state index in [0.717, 1.165) is 18.1 Å². The van der Waals surface area contributed by atoms with E-state index in [9.17, 15) is 17.9 Å². The number of nitrogens with zero attached hydrogens (tertiary/aromatic N) is 6. The van der Waals surface area contributed by atoms with Crippen molar-refractivity contribution in [1.82, 2.24) is 29.7 Å². The van der Waals surface area contributed by atoms with Gasteiger partial charge in [0.1, 0.15) is 29.0 Å². The van der Waals surface area contributed by atoms with Gasteiger partial charge in [-0.05, 0) is 26.0 Å². The van der Waals surface area contributed by atoms with Crippen molar-refractivity contribution in [1.29, 1.82) is 0 Å². The maximum absolute atomic E-state index is 13.4. The molecule has 3 aromatic heterocycles. The second-order valence-electron chi connectivity index (χ2n) is 7.80. The number of para-hydroxylation sites is 1. The van der Waals surface area contributed by atoms with E-state index < -0.39 is 32.8 Å². The van der Waals surface area contributed by atoms with E-state index in [1.807, 2.05) is 12.3 Å². The number of methoxy groups -OCH3 is 2. The summed E-state index contributed by atoms with van der Waals surface area (Å²) in [5.74, 6) is -0.351. The van der Waals surface area contributed by atoms with Crippen molar-refractivity contribution in [2.24, 2.45) is 0 Å². The van der Waals surface area contributed by atoms with Gasteiger partial charge in [0.15, 0.2) is 38.1 Å². The Morgan fingerprint density at radius 2 is 1.78 bits per heavy atom. The van der Waals surface area contributed by atoms with Crippen LogP contribution >= 0.6 is 11.3 Å². The highest BCUT2D eigenvalue weighted by Gasteiger charge is 2.34. The molecule has 1 N–H and O–H groups in total. The van der Waals surface area contributed by atoms with Crippen LogP contribution in [0.3, 0.4) is 0 Å². The van der Waals surface area contributed by atoms with Crippen molar-refractivity contribution in [2.75, 3.05) is 14.2 Å². The first-order chi connectivity index (χ1) is 17.2. The molecule has 0 fully saturated rings. The number of benzene rings is 1. The molecule has 0 amide bonds. The fourth-order valence-corrected chi connectivity index (χ4v) is 5.58. The Balaban J connectivity index is 1.81. The molecule has 0 bridgehead atoms. The molecule has 1 aromatic carbocycles. The monoisotopic (exact) mass is 534 g/mol. The summed E-state index contributed by atoms with van der Waals surface area (Å²) in [6.07, 6.45) is 0.129. The summed E-state index contributed by atoms with van der Waals surface area (Å²) in [6, 6.07) is 5.13. The van der Waals surface area contributed by atoms with Gasteiger partial charge in [-0.3, -0.25) is 4.57 Å². The lowest BCUT2D eigenvalue weighted by Crippen LogP contribution is -2.29. The van der Waals surface area contributed by atoms with Gasteiger partial charge in [-0.1, -0.05) is 6.07 Å². The lowest BCUT2D eigenvalue weighted by atomic mass is 10.2. The zero-order chi connectivity index (χ0) is 26.0. The minimum absolute atomic E-state index is 0.0553. The molecule has 2 atom stereocenters. The van der Waals surface area contributed by atoms with Gasteiger partial charge in [-0.2, -0.15) is 0 Å². The number of aryl methyl sites for hydroxylation is 1. The number of thiazole rings is 1. The summed E-state index contributed by atoms with van der Waals surface area (Å²) in [4.78, 5) is 11.9. The highest BCUT2D eigenvalue weighted by atomic mass is 32.2. The van der Waals surface area contributed by atoms with Crippen LogP contribution < -0.4 is 9.47 Å². The molecule has 0 saturated heterocycles. The SMILES string of the molecule is COc1cccc(OC)c1-n1c(CS(=O)(=O)[C@@H](C)[C@H](O)c2ncc(F)cn2)nnc1-c1nc(C)cs1. The first-order valence-electron chi connectivity index (χ1n) is 10.6. The molecule has 0 aliphatic rings. The predicted molar refractivity (Wildman–Crippen MR) is 129 cm³/mol. The molecule has 0 unspecified atom stereocenters. The molecule has 36 heavy (non-hydrogen) atoms. The third-order valence-electron chi connectivity index (χ3n) is 5.41. The standard InChI is InChI=1S/C22H23FN6O5S2/c1-12-10-35-22(26-12)21-28-27-17(29(21)18-15(33-3)6-5-7-16(18)34-4)11-36(31,32)13(2)19(30)20-24-8-14(23)9-25-20/h5-10,13,19,30H,11H2,1-4H3/t13-,19-/m0/s1. The molecule has 11 nitrogen and oxygen atoms in total. The fraction of sp³-hybridized carbons (Fsp3) is 0.318. The molecule has 14 heteroatoms. The Morgan fingerprint density at radius 1 is 1.14 bits per heavy atom. The van der Waals surface area contributed by atoms with Crippen molar-refractivity contribution in [3.8, 4) is 28.0 Å². The van der Waals surface area contributed by atoms with E-state index in [0.29, 0.717) is 28.0 Å². The Bertz CT molecular complexity index is 1450. The van der Waals surface area contributed by atoms with Gasteiger partial charge in [0.25, 0.3) is 0 Å². The topological polar surface area (TPSA) is 142 Å². The molecule has 190 valence electrons. The van der Waals surface area contributed by atoms with Crippen molar-refractivity contribution >= 4 is 21.2 Å². The van der Waals surface area contributed by atoms with E-state index in [1.54, 1.807) is 18.2 Å². The summed E-state index contributed by atoms with van der Waals surface area (Å²) in [5, 5.41) is 20.0. The van der Waals surface area contributed by atoms with Crippen molar-refractivity contribution in [3.63, 3.8) is 0 Å². The van der Waals surface area contributed by atoms with Gasteiger partial charge >= 0.3 is 0 Å². The number of sulfone groups is 1. The number of hydrogen-bond donors (Lipinski definition) is 1. The summed E-state index contributed by atoms with van der Waals surface area (Å²) < 4.78 is 52.5. The van der Waals surface area contributed by atoms with Crippen LogP contribution in [0, 0.1) is 12.7 Å². The fourth-order valence-electron chi connectivity index (χ4n) is 3.48. The number of aromatic nitrogens is 6. The molecule has 4 rings (SSSR count). The third kappa shape index (κ3) is 4.92. The van der Waals surface area contributed by atoms with Crippen LogP contribution in [0.2, 0.25) is 0 Å². The van der Waals surface area contributed by atoms with Crippen LogP contribution in [-0.4, -0.2) is 62.7 Å². The predicted octanol–water partition coefficient (Wildman–Crippen LogP) is 2.68.